The van der Waals surface area contributed by atoms with Crippen LogP contribution in [0.5, 0.6) is 0 Å². The molecule has 0 fully saturated rings. The monoisotopic (exact) mass is 287 g/mol. The largest absolute Gasteiger partial charge is 0.476 e. The number of ether oxygens (including phenoxy) is 2. The van der Waals surface area contributed by atoms with E-state index in [-0.39, 0.29) is 24.9 Å². The van der Waals surface area contributed by atoms with Crippen molar-refractivity contribution in [3.63, 3.8) is 0 Å². The summed E-state index contributed by atoms with van der Waals surface area (Å²) in [4.78, 5) is 10.9. The second-order valence-electron chi connectivity index (χ2n) is 4.48. The van der Waals surface area contributed by atoms with Crippen molar-refractivity contribution in [3.8, 4) is 0 Å². The Morgan fingerprint density at radius 3 is 2.70 bits per heavy atom. The van der Waals surface area contributed by atoms with Crippen LogP contribution in [0.15, 0.2) is 0 Å². The molecule has 20 heavy (non-hydrogen) atoms. The van der Waals surface area contributed by atoms with Gasteiger partial charge in [0.2, 0.25) is 0 Å². The fraction of sp³-hybridized carbons (Fsp3) is 0.750. The Balaban J connectivity index is 2.57. The summed E-state index contributed by atoms with van der Waals surface area (Å²) in [6.45, 7) is 4.36. The molecular weight excluding hydrogens is 266 g/mol. The number of rotatable bonds is 9. The minimum Gasteiger partial charge on any atom is -0.476 e. The molecule has 0 saturated carbocycles. The number of aliphatic hydroxyl groups excluding tert-OH is 1. The zero-order valence-electron chi connectivity index (χ0n) is 11.9. The normalized spacial score (nSPS) is 14.2. The third-order valence-corrected chi connectivity index (χ3v) is 2.73. The van der Waals surface area contributed by atoms with Crippen LogP contribution in [0.1, 0.15) is 30.0 Å². The standard InChI is InChI=1S/C12H21N3O5/c1-4-10-11(12(17)18)13-14-15(10)5-9(16)7-20-8(2)6-19-3/h8-9,16H,4-7H2,1-3H3,(H,17,18). The van der Waals surface area contributed by atoms with Crippen LogP contribution in [0, 0.1) is 0 Å². The van der Waals surface area contributed by atoms with Crippen molar-refractivity contribution in [2.75, 3.05) is 20.3 Å². The first-order valence-corrected chi connectivity index (χ1v) is 6.43. The Hall–Kier alpha value is -1.51. The highest BCUT2D eigenvalue weighted by Gasteiger charge is 2.19. The number of hydrogen-bond acceptors (Lipinski definition) is 6. The van der Waals surface area contributed by atoms with Crippen molar-refractivity contribution >= 4 is 5.97 Å². The van der Waals surface area contributed by atoms with Gasteiger partial charge in [0.15, 0.2) is 5.69 Å². The lowest BCUT2D eigenvalue weighted by Gasteiger charge is -2.16. The number of aliphatic hydroxyl groups is 1. The fourth-order valence-electron chi connectivity index (χ4n) is 1.81. The van der Waals surface area contributed by atoms with Gasteiger partial charge in [0.05, 0.1) is 37.7 Å². The summed E-state index contributed by atoms with van der Waals surface area (Å²) in [7, 11) is 1.58. The number of carbonyl (C=O) groups is 1. The predicted molar refractivity (Wildman–Crippen MR) is 69.7 cm³/mol. The number of carboxylic acid groups (broad SMARTS) is 1. The van der Waals surface area contributed by atoms with Gasteiger partial charge in [-0.25, -0.2) is 9.48 Å². The number of hydrogen-bond donors (Lipinski definition) is 2. The van der Waals surface area contributed by atoms with E-state index >= 15 is 0 Å². The molecule has 1 aromatic rings. The molecule has 1 rings (SSSR count). The lowest BCUT2D eigenvalue weighted by atomic mass is 10.2. The van der Waals surface area contributed by atoms with Crippen molar-refractivity contribution in [3.05, 3.63) is 11.4 Å². The minimum absolute atomic E-state index is 0.0756. The van der Waals surface area contributed by atoms with E-state index in [0.717, 1.165) is 0 Å². The second-order valence-corrected chi connectivity index (χ2v) is 4.48. The van der Waals surface area contributed by atoms with Gasteiger partial charge >= 0.3 is 5.97 Å². The van der Waals surface area contributed by atoms with Gasteiger partial charge in [0.1, 0.15) is 0 Å². The van der Waals surface area contributed by atoms with E-state index in [1.807, 2.05) is 13.8 Å². The maximum atomic E-state index is 10.9. The van der Waals surface area contributed by atoms with Crippen LogP contribution in [-0.4, -0.2) is 63.7 Å². The Labute approximate surface area is 117 Å². The van der Waals surface area contributed by atoms with E-state index in [9.17, 15) is 9.90 Å². The van der Waals surface area contributed by atoms with Gasteiger partial charge in [0, 0.05) is 7.11 Å². The van der Waals surface area contributed by atoms with E-state index in [1.165, 1.54) is 4.68 Å². The molecule has 2 atom stereocenters. The van der Waals surface area contributed by atoms with Crippen molar-refractivity contribution in [2.45, 2.75) is 39.0 Å². The summed E-state index contributed by atoms with van der Waals surface area (Å²) in [5, 5.41) is 26.2. The van der Waals surface area contributed by atoms with Crippen LogP contribution in [0.25, 0.3) is 0 Å². The van der Waals surface area contributed by atoms with Crippen LogP contribution >= 0.6 is 0 Å². The maximum Gasteiger partial charge on any atom is 0.358 e. The van der Waals surface area contributed by atoms with Gasteiger partial charge in [-0.3, -0.25) is 0 Å². The van der Waals surface area contributed by atoms with Crippen LogP contribution < -0.4 is 0 Å². The third kappa shape index (κ3) is 4.55. The molecule has 0 saturated heterocycles. The van der Waals surface area contributed by atoms with Crippen LogP contribution in [-0.2, 0) is 22.4 Å². The highest BCUT2D eigenvalue weighted by Crippen LogP contribution is 2.08. The first-order chi connectivity index (χ1) is 9.49. The summed E-state index contributed by atoms with van der Waals surface area (Å²) in [5.41, 5.74) is 0.412. The smallest absolute Gasteiger partial charge is 0.358 e. The number of aromatic carboxylic acids is 1. The van der Waals surface area contributed by atoms with E-state index in [2.05, 4.69) is 10.3 Å². The molecule has 0 amide bonds. The molecule has 1 heterocycles. The molecule has 8 heteroatoms. The first-order valence-electron chi connectivity index (χ1n) is 6.43. The summed E-state index contributed by atoms with van der Waals surface area (Å²) in [6, 6.07) is 0. The zero-order chi connectivity index (χ0) is 15.1. The molecule has 0 aliphatic rings. The van der Waals surface area contributed by atoms with Gasteiger partial charge in [-0.1, -0.05) is 12.1 Å². The molecule has 0 aliphatic carbocycles. The lowest BCUT2D eigenvalue weighted by Crippen LogP contribution is -2.27. The molecule has 0 aromatic carbocycles. The molecule has 0 aliphatic heterocycles. The Kier molecular flexibility index (Phi) is 6.56. The molecule has 0 radical (unpaired) electrons. The minimum atomic E-state index is -1.12. The van der Waals surface area contributed by atoms with Crippen molar-refractivity contribution in [2.24, 2.45) is 0 Å². The van der Waals surface area contributed by atoms with Crippen molar-refractivity contribution in [1.82, 2.24) is 15.0 Å². The van der Waals surface area contributed by atoms with E-state index < -0.39 is 12.1 Å². The highest BCUT2D eigenvalue weighted by atomic mass is 16.5. The number of carboxylic acids is 1. The molecular formula is C12H21N3O5. The number of nitrogens with zero attached hydrogens (tertiary/aromatic N) is 3. The molecule has 1 aromatic heterocycles. The zero-order valence-corrected chi connectivity index (χ0v) is 11.9. The quantitative estimate of drug-likeness (QED) is 0.655. The van der Waals surface area contributed by atoms with E-state index in [1.54, 1.807) is 7.11 Å². The average molecular weight is 287 g/mol. The average Bonchev–Trinajstić information content (AvgIpc) is 2.79. The van der Waals surface area contributed by atoms with E-state index in [4.69, 9.17) is 14.6 Å². The molecule has 114 valence electrons. The molecule has 2 N–H and O–H groups in total. The van der Waals surface area contributed by atoms with E-state index in [0.29, 0.717) is 18.7 Å². The lowest BCUT2D eigenvalue weighted by molar-refractivity contribution is -0.0366. The third-order valence-electron chi connectivity index (χ3n) is 2.73. The van der Waals surface area contributed by atoms with Crippen molar-refractivity contribution < 1.29 is 24.5 Å². The number of aromatic nitrogens is 3. The van der Waals surface area contributed by atoms with Crippen LogP contribution in [0.4, 0.5) is 0 Å². The van der Waals surface area contributed by atoms with Gasteiger partial charge in [-0.15, -0.1) is 5.10 Å². The Morgan fingerprint density at radius 1 is 1.45 bits per heavy atom. The molecule has 0 spiro atoms. The Morgan fingerprint density at radius 2 is 2.15 bits per heavy atom. The summed E-state index contributed by atoms with van der Waals surface area (Å²) >= 11 is 0. The first kappa shape index (κ1) is 16.5. The second kappa shape index (κ2) is 7.93. The highest BCUT2D eigenvalue weighted by molar-refractivity contribution is 5.86. The topological polar surface area (TPSA) is 107 Å². The predicted octanol–water partition coefficient (Wildman–Crippen LogP) is -0.0489. The molecule has 0 bridgehead atoms. The van der Waals surface area contributed by atoms with Gasteiger partial charge in [-0.2, -0.15) is 0 Å². The summed E-state index contributed by atoms with van der Waals surface area (Å²) in [6.07, 6.45) is -0.434. The van der Waals surface area contributed by atoms with Crippen LogP contribution in [0.3, 0.4) is 0 Å². The summed E-state index contributed by atoms with van der Waals surface area (Å²) in [5.74, 6) is -1.12. The summed E-state index contributed by atoms with van der Waals surface area (Å²) < 4.78 is 11.7. The molecule has 2 unspecified atom stereocenters. The van der Waals surface area contributed by atoms with Gasteiger partial charge in [-0.05, 0) is 13.3 Å². The van der Waals surface area contributed by atoms with Gasteiger partial charge in [0.25, 0.3) is 0 Å². The van der Waals surface area contributed by atoms with Crippen molar-refractivity contribution in [1.29, 1.82) is 0 Å². The Bertz CT molecular complexity index is 435. The molecule has 8 nitrogen and oxygen atoms in total. The fourth-order valence-corrected chi connectivity index (χ4v) is 1.81. The number of methoxy groups -OCH3 is 1. The van der Waals surface area contributed by atoms with Gasteiger partial charge < -0.3 is 19.7 Å². The maximum absolute atomic E-state index is 10.9. The van der Waals surface area contributed by atoms with Crippen LogP contribution in [0.2, 0.25) is 0 Å². The SMILES string of the molecule is CCc1c(C(=O)O)nnn1CC(O)COC(C)COC.